The topological polar surface area (TPSA) is 46.9 Å². The minimum Gasteiger partial charge on any atom is -0.380 e. The summed E-state index contributed by atoms with van der Waals surface area (Å²) in [7, 11) is 0. The Hall–Kier alpha value is -0.680. The summed E-state index contributed by atoms with van der Waals surface area (Å²) in [5.74, 6) is 2.23. The lowest BCUT2D eigenvalue weighted by atomic mass is 10.2. The molecule has 1 aromatic rings. The van der Waals surface area contributed by atoms with Gasteiger partial charge in [0, 0.05) is 12.6 Å². The van der Waals surface area contributed by atoms with Crippen LogP contribution in [0.3, 0.4) is 0 Å². The molecule has 1 N–H and O–H groups in total. The van der Waals surface area contributed by atoms with Crippen LogP contribution >= 0.6 is 23.4 Å². The van der Waals surface area contributed by atoms with E-state index in [0.29, 0.717) is 12.2 Å². The highest BCUT2D eigenvalue weighted by Gasteiger charge is 2.10. The minimum absolute atomic E-state index is 0.224. The number of aromatic nitrogens is 2. The van der Waals surface area contributed by atoms with Crippen molar-refractivity contribution in [2.24, 2.45) is 0 Å². The first-order valence-corrected chi connectivity index (χ1v) is 7.73. The van der Waals surface area contributed by atoms with Crippen molar-refractivity contribution in [3.8, 4) is 0 Å². The van der Waals surface area contributed by atoms with E-state index < -0.39 is 0 Å². The molecule has 0 amide bonds. The Labute approximate surface area is 117 Å². The molecule has 0 aliphatic rings. The van der Waals surface area contributed by atoms with Crippen molar-refractivity contribution in [1.82, 2.24) is 9.78 Å². The summed E-state index contributed by atoms with van der Waals surface area (Å²) in [6, 6.07) is 0.278. The van der Waals surface area contributed by atoms with E-state index in [9.17, 15) is 4.79 Å². The number of aryl methyl sites for hydroxylation is 1. The number of hydrogen-bond donors (Lipinski definition) is 1. The zero-order valence-electron chi connectivity index (χ0n) is 11.1. The van der Waals surface area contributed by atoms with Crippen molar-refractivity contribution in [3.05, 3.63) is 21.6 Å². The number of nitrogens with one attached hydrogen (secondary N) is 1. The zero-order valence-corrected chi connectivity index (χ0v) is 12.6. The number of hydrogen-bond acceptors (Lipinski definition) is 4. The summed E-state index contributed by atoms with van der Waals surface area (Å²) in [6.45, 7) is 6.62. The van der Waals surface area contributed by atoms with Gasteiger partial charge in [0.2, 0.25) is 0 Å². The van der Waals surface area contributed by atoms with Crippen molar-refractivity contribution in [2.45, 2.75) is 39.8 Å². The van der Waals surface area contributed by atoms with Gasteiger partial charge in [-0.15, -0.1) is 0 Å². The summed E-state index contributed by atoms with van der Waals surface area (Å²) < 4.78 is 1.35. The number of thioether (sulfide) groups is 1. The summed E-state index contributed by atoms with van der Waals surface area (Å²) in [6.07, 6.45) is 2.66. The molecule has 0 aliphatic carbocycles. The smallest absolute Gasteiger partial charge is 0.287 e. The minimum atomic E-state index is -0.237. The molecule has 1 heterocycles. The van der Waals surface area contributed by atoms with Crippen LogP contribution in [0.2, 0.25) is 5.02 Å². The van der Waals surface area contributed by atoms with Crippen molar-refractivity contribution in [2.75, 3.05) is 16.8 Å². The van der Waals surface area contributed by atoms with Gasteiger partial charge in [0.15, 0.2) is 0 Å². The van der Waals surface area contributed by atoms with Gasteiger partial charge in [-0.3, -0.25) is 4.79 Å². The van der Waals surface area contributed by atoms with E-state index in [4.69, 9.17) is 11.6 Å². The Bertz CT molecular complexity index is 436. The maximum Gasteiger partial charge on any atom is 0.287 e. The SMILES string of the molecule is CCSCCC(C)Nc1cnn(CC)c(=O)c1Cl. The highest BCUT2D eigenvalue weighted by Crippen LogP contribution is 2.17. The van der Waals surface area contributed by atoms with Crippen LogP contribution < -0.4 is 10.9 Å². The molecule has 0 aliphatic heterocycles. The van der Waals surface area contributed by atoms with E-state index >= 15 is 0 Å². The molecule has 0 saturated heterocycles. The van der Waals surface area contributed by atoms with Gasteiger partial charge in [-0.05, 0) is 31.8 Å². The van der Waals surface area contributed by atoms with Crippen LogP contribution in [-0.4, -0.2) is 27.3 Å². The van der Waals surface area contributed by atoms with E-state index in [2.05, 4.69) is 24.3 Å². The standard InChI is InChI=1S/C12H20ClN3OS/c1-4-16-12(17)11(13)10(8-14-16)15-9(3)6-7-18-5-2/h8-9,15H,4-7H2,1-3H3. The highest BCUT2D eigenvalue weighted by atomic mass is 35.5. The second kappa shape index (κ2) is 7.69. The number of halogens is 1. The lowest BCUT2D eigenvalue weighted by Crippen LogP contribution is -2.25. The van der Waals surface area contributed by atoms with E-state index in [1.165, 1.54) is 4.68 Å². The average molecular weight is 290 g/mol. The normalized spacial score (nSPS) is 12.4. The third-order valence-electron chi connectivity index (χ3n) is 2.59. The fraction of sp³-hybridized carbons (Fsp3) is 0.667. The molecule has 6 heteroatoms. The summed E-state index contributed by atoms with van der Waals surface area (Å²) in [5.41, 5.74) is 0.389. The molecule has 0 fully saturated rings. The van der Waals surface area contributed by atoms with E-state index in [0.717, 1.165) is 17.9 Å². The van der Waals surface area contributed by atoms with Gasteiger partial charge in [0.1, 0.15) is 5.02 Å². The second-order valence-electron chi connectivity index (χ2n) is 4.02. The van der Waals surface area contributed by atoms with Crippen molar-refractivity contribution < 1.29 is 0 Å². The molecule has 0 radical (unpaired) electrons. The molecule has 0 spiro atoms. The molecule has 1 rings (SSSR count). The third-order valence-corrected chi connectivity index (χ3v) is 3.88. The molecule has 1 aromatic heterocycles. The first-order chi connectivity index (χ1) is 8.60. The van der Waals surface area contributed by atoms with E-state index in [1.54, 1.807) is 6.20 Å². The van der Waals surface area contributed by atoms with Gasteiger partial charge in [-0.2, -0.15) is 16.9 Å². The van der Waals surface area contributed by atoms with Crippen LogP contribution in [0.15, 0.2) is 11.0 Å². The molecule has 4 nitrogen and oxygen atoms in total. The Morgan fingerprint density at radius 2 is 2.28 bits per heavy atom. The van der Waals surface area contributed by atoms with Crippen molar-refractivity contribution in [1.29, 1.82) is 0 Å². The van der Waals surface area contributed by atoms with Crippen LogP contribution in [-0.2, 0) is 6.54 Å². The number of anilines is 1. The number of nitrogens with zero attached hydrogens (tertiary/aromatic N) is 2. The zero-order chi connectivity index (χ0) is 13.5. The lowest BCUT2D eigenvalue weighted by molar-refractivity contribution is 0.615. The summed E-state index contributed by atoms with van der Waals surface area (Å²) in [5, 5.41) is 7.52. The molecular weight excluding hydrogens is 270 g/mol. The van der Waals surface area contributed by atoms with Crippen LogP contribution in [0.25, 0.3) is 0 Å². The fourth-order valence-electron chi connectivity index (χ4n) is 1.53. The first-order valence-electron chi connectivity index (χ1n) is 6.20. The molecule has 0 aromatic carbocycles. The molecule has 18 heavy (non-hydrogen) atoms. The van der Waals surface area contributed by atoms with Crippen LogP contribution in [0.5, 0.6) is 0 Å². The molecule has 1 unspecified atom stereocenters. The molecule has 1 atom stereocenters. The maximum atomic E-state index is 11.8. The van der Waals surface area contributed by atoms with Gasteiger partial charge in [0.25, 0.3) is 5.56 Å². The lowest BCUT2D eigenvalue weighted by Gasteiger charge is -2.15. The molecule has 0 bridgehead atoms. The van der Waals surface area contributed by atoms with E-state index in [1.807, 2.05) is 18.7 Å². The van der Waals surface area contributed by atoms with Gasteiger partial charge < -0.3 is 5.32 Å². The van der Waals surface area contributed by atoms with Gasteiger partial charge >= 0.3 is 0 Å². The predicted octanol–water partition coefficient (Wildman–Crippen LogP) is 2.86. The Morgan fingerprint density at radius 1 is 1.56 bits per heavy atom. The van der Waals surface area contributed by atoms with Gasteiger partial charge in [-0.25, -0.2) is 4.68 Å². The first kappa shape index (κ1) is 15.4. The largest absolute Gasteiger partial charge is 0.380 e. The second-order valence-corrected chi connectivity index (χ2v) is 5.80. The van der Waals surface area contributed by atoms with Crippen LogP contribution in [0, 0.1) is 0 Å². The van der Waals surface area contributed by atoms with Gasteiger partial charge in [-0.1, -0.05) is 18.5 Å². The maximum absolute atomic E-state index is 11.8. The van der Waals surface area contributed by atoms with Crippen LogP contribution in [0.1, 0.15) is 27.2 Å². The monoisotopic (exact) mass is 289 g/mol. The highest BCUT2D eigenvalue weighted by molar-refractivity contribution is 7.99. The molecule has 102 valence electrons. The number of rotatable bonds is 7. The average Bonchev–Trinajstić information content (AvgIpc) is 2.36. The van der Waals surface area contributed by atoms with E-state index in [-0.39, 0.29) is 16.6 Å². The molecule has 0 saturated carbocycles. The molecular formula is C12H20ClN3OS. The Morgan fingerprint density at radius 3 is 2.89 bits per heavy atom. The Balaban J connectivity index is 2.68. The van der Waals surface area contributed by atoms with Gasteiger partial charge in [0.05, 0.1) is 11.9 Å². The summed E-state index contributed by atoms with van der Waals surface area (Å²) in [4.78, 5) is 11.8. The third kappa shape index (κ3) is 4.21. The van der Waals surface area contributed by atoms with Crippen molar-refractivity contribution >= 4 is 29.1 Å². The fourth-order valence-corrected chi connectivity index (χ4v) is 2.54. The van der Waals surface area contributed by atoms with Crippen LogP contribution in [0.4, 0.5) is 5.69 Å². The predicted molar refractivity (Wildman–Crippen MR) is 79.9 cm³/mol. The quantitative estimate of drug-likeness (QED) is 0.784. The van der Waals surface area contributed by atoms with Crippen molar-refractivity contribution in [3.63, 3.8) is 0 Å². The summed E-state index contributed by atoms with van der Waals surface area (Å²) >= 11 is 7.95. The Kier molecular flexibility index (Phi) is 6.57.